The van der Waals surface area contributed by atoms with Crippen molar-refractivity contribution in [3.63, 3.8) is 0 Å². The third-order valence-corrected chi connectivity index (χ3v) is 7.54. The number of carbonyl (C=O) groups excluding carboxylic acids is 1. The summed E-state index contributed by atoms with van der Waals surface area (Å²) < 4.78 is 26.6. The second-order valence-electron chi connectivity index (χ2n) is 11.4. The number of ether oxygens (including phenoxy) is 4. The summed E-state index contributed by atoms with van der Waals surface area (Å²) in [5.74, 6) is 0.758. The van der Waals surface area contributed by atoms with Crippen molar-refractivity contribution in [1.29, 1.82) is 0 Å². The summed E-state index contributed by atoms with van der Waals surface area (Å²) in [5, 5.41) is 5.74. The summed E-state index contributed by atoms with van der Waals surface area (Å²) in [5.41, 5.74) is 14.2. The maximum atomic E-state index is 12.4. The summed E-state index contributed by atoms with van der Waals surface area (Å²) in [6.45, 7) is 5.64. The Morgan fingerprint density at radius 2 is 1.84 bits per heavy atom. The molecule has 2 aromatic carbocycles. The van der Waals surface area contributed by atoms with Crippen LogP contribution in [0.25, 0.3) is 11.2 Å². The molecule has 0 unspecified atom stereocenters. The predicted molar refractivity (Wildman–Crippen MR) is 164 cm³/mol. The largest absolute Gasteiger partial charge is 0.455 e. The van der Waals surface area contributed by atoms with E-state index in [1.54, 1.807) is 42.7 Å². The van der Waals surface area contributed by atoms with Gasteiger partial charge >= 0.3 is 6.03 Å². The number of amides is 2. The lowest BCUT2D eigenvalue weighted by atomic mass is 10.1. The number of carbonyl (C=O) groups is 1. The van der Waals surface area contributed by atoms with Crippen LogP contribution in [0.15, 0.2) is 61.2 Å². The number of hydrogen-bond donors (Lipinski definition) is 4. The fourth-order valence-corrected chi connectivity index (χ4v) is 5.52. The zero-order valence-corrected chi connectivity index (χ0v) is 24.8. The number of nitrogens with two attached hydrogens (primary N) is 2. The smallest absolute Gasteiger partial charge is 0.319 e. The highest BCUT2D eigenvalue weighted by Gasteiger charge is 2.56. The molecule has 6 rings (SSSR count). The van der Waals surface area contributed by atoms with Crippen LogP contribution in [0.1, 0.15) is 26.5 Å². The predicted octanol–water partition coefficient (Wildman–Crippen LogP) is 3.34. The highest BCUT2D eigenvalue weighted by Crippen LogP contribution is 2.44. The quantitative estimate of drug-likeness (QED) is 0.154. The van der Waals surface area contributed by atoms with Gasteiger partial charge in [0.1, 0.15) is 41.7 Å². The highest BCUT2D eigenvalue weighted by molar-refractivity contribution is 5.89. The monoisotopic (exact) mass is 603 g/mol. The Labute approximate surface area is 254 Å². The number of para-hydroxylation sites is 2. The number of fused-ring (bicyclic) bond motifs is 2. The molecule has 4 atom stereocenters. The van der Waals surface area contributed by atoms with Crippen molar-refractivity contribution in [2.75, 3.05) is 43.5 Å². The number of rotatable bonds is 10. The summed E-state index contributed by atoms with van der Waals surface area (Å²) >= 11 is 0. The molecule has 0 aliphatic carbocycles. The van der Waals surface area contributed by atoms with Crippen molar-refractivity contribution < 1.29 is 23.7 Å². The number of nitrogens with zero attached hydrogens (tertiary/aromatic N) is 5. The number of anilines is 3. The molecule has 0 spiro atoms. The van der Waals surface area contributed by atoms with E-state index < -0.39 is 12.0 Å². The number of hydrogen-bond acceptors (Lipinski definition) is 11. The van der Waals surface area contributed by atoms with E-state index >= 15 is 0 Å². The third-order valence-electron chi connectivity index (χ3n) is 7.54. The van der Waals surface area contributed by atoms with Crippen molar-refractivity contribution >= 4 is 34.4 Å². The molecule has 0 bridgehead atoms. The lowest BCUT2D eigenvalue weighted by molar-refractivity contribution is -0.197. The number of imidazole rings is 1. The minimum absolute atomic E-state index is 0.255. The van der Waals surface area contributed by atoms with Gasteiger partial charge in [-0.15, -0.1) is 0 Å². The Kier molecular flexibility index (Phi) is 8.23. The zero-order chi connectivity index (χ0) is 30.8. The molecule has 4 aromatic rings. The van der Waals surface area contributed by atoms with E-state index in [1.165, 1.54) is 6.33 Å². The van der Waals surface area contributed by atoms with Crippen LogP contribution in [0, 0.1) is 0 Å². The van der Waals surface area contributed by atoms with Crippen molar-refractivity contribution in [1.82, 2.24) is 29.7 Å². The Morgan fingerprint density at radius 3 is 2.64 bits per heavy atom. The first-order chi connectivity index (χ1) is 21.2. The summed E-state index contributed by atoms with van der Waals surface area (Å²) in [6.07, 6.45) is 2.44. The van der Waals surface area contributed by atoms with E-state index in [4.69, 9.17) is 30.4 Å². The maximum absolute atomic E-state index is 12.4. The molecule has 44 heavy (non-hydrogen) atoms. The number of benzene rings is 2. The standard InChI is InChI=1S/C30H37N9O5/c1-30(2)43-24-22(42-28(25(24)44-30)39-17-36-23-26(32)34-16-35-27(23)39)15-38(3)14-6-13-33-29(40)37-18-9-11-19(12-10-18)41-21-8-5-4-7-20(21)31/h4-5,7-12,16-17,22,24-25,28H,6,13-15,31H2,1-3H3,(H2,32,34,35)(H2,33,37,40)/t22-,24-,25-,28-/m1/s1. The van der Waals surface area contributed by atoms with Crippen molar-refractivity contribution in [3.8, 4) is 11.5 Å². The molecule has 2 aliphatic rings. The van der Waals surface area contributed by atoms with Crippen LogP contribution in [-0.4, -0.2) is 81.2 Å². The Morgan fingerprint density at radius 1 is 1.07 bits per heavy atom. The first-order valence-corrected chi connectivity index (χ1v) is 14.5. The molecule has 2 amide bonds. The molecule has 0 saturated carbocycles. The number of likely N-dealkylation sites (N-methyl/N-ethyl adjacent to an activating group) is 1. The molecule has 2 aromatic heterocycles. The number of nitrogen functional groups attached to an aromatic ring is 2. The summed E-state index contributed by atoms with van der Waals surface area (Å²) in [4.78, 5) is 27.4. The van der Waals surface area contributed by atoms with Gasteiger partial charge < -0.3 is 45.9 Å². The molecule has 0 radical (unpaired) electrons. The van der Waals surface area contributed by atoms with Gasteiger partial charge in [0.15, 0.2) is 23.5 Å². The topological polar surface area (TPSA) is 177 Å². The summed E-state index contributed by atoms with van der Waals surface area (Å²) in [6, 6.07) is 14.1. The van der Waals surface area contributed by atoms with Gasteiger partial charge in [-0.1, -0.05) is 12.1 Å². The summed E-state index contributed by atoms with van der Waals surface area (Å²) in [7, 11) is 2.01. The molecule has 232 valence electrons. The third kappa shape index (κ3) is 6.38. The molecular formula is C30H37N9O5. The van der Waals surface area contributed by atoms with Gasteiger partial charge in [-0.2, -0.15) is 0 Å². The van der Waals surface area contributed by atoms with E-state index in [1.807, 2.05) is 37.6 Å². The van der Waals surface area contributed by atoms with E-state index in [2.05, 4.69) is 30.5 Å². The average Bonchev–Trinajstić information content (AvgIpc) is 3.65. The van der Waals surface area contributed by atoms with Gasteiger partial charge in [0.2, 0.25) is 0 Å². The van der Waals surface area contributed by atoms with E-state index in [9.17, 15) is 4.79 Å². The molecule has 14 heteroatoms. The maximum Gasteiger partial charge on any atom is 0.319 e. The van der Waals surface area contributed by atoms with Gasteiger partial charge in [0.05, 0.1) is 12.0 Å². The fraction of sp³-hybridized carbons (Fsp3) is 0.400. The Bertz CT molecular complexity index is 1610. The second-order valence-corrected chi connectivity index (χ2v) is 11.4. The zero-order valence-electron chi connectivity index (χ0n) is 24.8. The molecule has 2 saturated heterocycles. The van der Waals surface area contributed by atoms with Gasteiger partial charge in [-0.25, -0.2) is 19.7 Å². The molecule has 4 heterocycles. The van der Waals surface area contributed by atoms with Crippen molar-refractivity contribution in [2.24, 2.45) is 0 Å². The van der Waals surface area contributed by atoms with Crippen LogP contribution in [0.3, 0.4) is 0 Å². The Balaban J connectivity index is 0.971. The van der Waals surface area contributed by atoms with E-state index in [0.717, 1.165) is 13.0 Å². The molecule has 14 nitrogen and oxygen atoms in total. The Hall–Kier alpha value is -4.50. The number of nitrogens with one attached hydrogen (secondary N) is 2. The van der Waals surface area contributed by atoms with Crippen LogP contribution in [-0.2, 0) is 14.2 Å². The van der Waals surface area contributed by atoms with Gasteiger partial charge in [-0.05, 0) is 70.3 Å². The lowest BCUT2D eigenvalue weighted by Gasteiger charge is -2.27. The molecule has 2 aliphatic heterocycles. The van der Waals surface area contributed by atoms with E-state index in [0.29, 0.717) is 52.9 Å². The second kappa shape index (κ2) is 12.2. The van der Waals surface area contributed by atoms with Gasteiger partial charge in [0, 0.05) is 18.8 Å². The van der Waals surface area contributed by atoms with Crippen LogP contribution in [0.2, 0.25) is 0 Å². The fourth-order valence-electron chi connectivity index (χ4n) is 5.52. The highest BCUT2D eigenvalue weighted by atomic mass is 16.8. The normalized spacial score (nSPS) is 22.3. The van der Waals surface area contributed by atoms with Crippen molar-refractivity contribution in [3.05, 3.63) is 61.2 Å². The first kappa shape index (κ1) is 29.6. The number of aromatic nitrogens is 4. The van der Waals surface area contributed by atoms with Gasteiger partial charge in [0.25, 0.3) is 0 Å². The average molecular weight is 604 g/mol. The van der Waals surface area contributed by atoms with Crippen LogP contribution in [0.5, 0.6) is 11.5 Å². The minimum atomic E-state index is -0.751. The SMILES string of the molecule is CN(CCCNC(=O)Nc1ccc(Oc2ccccc2N)cc1)C[C@H]1O[C@@H](n2cnc3c(N)ncnc32)[C@@H]2OC(C)(C)O[C@@H]21. The van der Waals surface area contributed by atoms with E-state index in [-0.39, 0.29) is 24.3 Å². The molecular weight excluding hydrogens is 566 g/mol. The van der Waals surface area contributed by atoms with Gasteiger partial charge in [-0.3, -0.25) is 4.57 Å². The first-order valence-electron chi connectivity index (χ1n) is 14.5. The lowest BCUT2D eigenvalue weighted by Crippen LogP contribution is -2.39. The minimum Gasteiger partial charge on any atom is -0.455 e. The van der Waals surface area contributed by atoms with Crippen molar-refractivity contribution in [2.45, 2.75) is 50.6 Å². The van der Waals surface area contributed by atoms with Crippen LogP contribution >= 0.6 is 0 Å². The van der Waals surface area contributed by atoms with Crippen LogP contribution in [0.4, 0.5) is 22.0 Å². The molecule has 2 fully saturated rings. The van der Waals surface area contributed by atoms with Crippen LogP contribution < -0.4 is 26.8 Å². The number of urea groups is 1. The molecule has 6 N–H and O–H groups in total.